The van der Waals surface area contributed by atoms with Gasteiger partial charge in [0.2, 0.25) is 0 Å². The molecule has 0 unspecified atom stereocenters. The zero-order chi connectivity index (χ0) is 17.0. The molecule has 0 radical (unpaired) electrons. The summed E-state index contributed by atoms with van der Waals surface area (Å²) in [6.45, 7) is 0. The summed E-state index contributed by atoms with van der Waals surface area (Å²) in [5.41, 5.74) is 0. The fraction of sp³-hybridized carbons (Fsp3) is 0. The molecule has 23 heavy (non-hydrogen) atoms. The Morgan fingerprint density at radius 2 is 0.826 bits per heavy atom. The second-order valence-electron chi connectivity index (χ2n) is 4.63. The molecule has 0 bridgehead atoms. The van der Waals surface area contributed by atoms with Crippen molar-refractivity contribution in [2.45, 2.75) is 0 Å². The molecule has 0 spiro atoms. The van der Waals surface area contributed by atoms with Crippen LogP contribution < -0.4 is 7.16 Å². The average molecular weight is 435 g/mol. The quantitative estimate of drug-likeness (QED) is 0.491. The molecule has 2 aromatic carbocycles. The van der Waals surface area contributed by atoms with Gasteiger partial charge in [-0.15, -0.1) is 0 Å². The van der Waals surface area contributed by atoms with E-state index in [0.717, 1.165) is 0 Å². The standard InChI is InChI=1S/2C6H5.2C2F3.Sn/c2*1-2-4-6-5-3-1;2*3-1-2(4)5;/h2*1-5H;;;. The molecule has 0 heterocycles. The third-order valence-electron chi connectivity index (χ3n) is 3.40. The van der Waals surface area contributed by atoms with Crippen LogP contribution in [0.3, 0.4) is 0 Å². The van der Waals surface area contributed by atoms with Gasteiger partial charge in [-0.05, 0) is 0 Å². The Bertz CT molecular complexity index is 666. The van der Waals surface area contributed by atoms with E-state index in [4.69, 9.17) is 0 Å². The van der Waals surface area contributed by atoms with E-state index < -0.39 is 38.2 Å². The summed E-state index contributed by atoms with van der Waals surface area (Å²) in [5.74, 6) is 0. The Morgan fingerprint density at radius 1 is 0.522 bits per heavy atom. The monoisotopic (exact) mass is 436 g/mol. The molecule has 0 nitrogen and oxygen atoms in total. The number of halogens is 6. The fourth-order valence-corrected chi connectivity index (χ4v) is 12.4. The van der Waals surface area contributed by atoms with Gasteiger partial charge in [-0.2, -0.15) is 0 Å². The van der Waals surface area contributed by atoms with Crippen LogP contribution in [-0.4, -0.2) is 18.4 Å². The van der Waals surface area contributed by atoms with Crippen molar-refractivity contribution in [3.8, 4) is 0 Å². The van der Waals surface area contributed by atoms with Gasteiger partial charge in [-0.3, -0.25) is 0 Å². The van der Waals surface area contributed by atoms with Crippen LogP contribution in [0.15, 0.2) is 80.5 Å². The first-order valence-corrected chi connectivity index (χ1v) is 12.2. The van der Waals surface area contributed by atoms with E-state index in [-0.39, 0.29) is 7.16 Å². The third kappa shape index (κ3) is 3.17. The van der Waals surface area contributed by atoms with Crippen LogP contribution in [0.1, 0.15) is 0 Å². The first-order valence-electron chi connectivity index (χ1n) is 6.46. The van der Waals surface area contributed by atoms with Crippen LogP contribution in [0, 0.1) is 0 Å². The van der Waals surface area contributed by atoms with Gasteiger partial charge in [0.1, 0.15) is 0 Å². The van der Waals surface area contributed by atoms with Crippen molar-refractivity contribution in [3.05, 3.63) is 80.5 Å². The van der Waals surface area contributed by atoms with Gasteiger partial charge < -0.3 is 0 Å². The van der Waals surface area contributed by atoms with Crippen molar-refractivity contribution in [1.29, 1.82) is 0 Å². The second-order valence-corrected chi connectivity index (χ2v) is 14.7. The van der Waals surface area contributed by atoms with Crippen LogP contribution in [0.2, 0.25) is 0 Å². The minimum absolute atomic E-state index is 0.163. The summed E-state index contributed by atoms with van der Waals surface area (Å²) in [5, 5.41) is 0. The van der Waals surface area contributed by atoms with Crippen LogP contribution in [0.25, 0.3) is 0 Å². The maximum atomic E-state index is 14.4. The van der Waals surface area contributed by atoms with Gasteiger partial charge in [0.15, 0.2) is 0 Å². The van der Waals surface area contributed by atoms with Gasteiger partial charge in [0.05, 0.1) is 0 Å². The zero-order valence-electron chi connectivity index (χ0n) is 11.5. The van der Waals surface area contributed by atoms with E-state index in [9.17, 15) is 26.3 Å². The van der Waals surface area contributed by atoms with E-state index in [2.05, 4.69) is 0 Å². The molecule has 0 atom stereocenters. The van der Waals surface area contributed by atoms with Crippen LogP contribution in [0.5, 0.6) is 0 Å². The molecule has 0 aliphatic heterocycles. The second kappa shape index (κ2) is 7.25. The van der Waals surface area contributed by atoms with Crippen LogP contribution in [-0.2, 0) is 0 Å². The van der Waals surface area contributed by atoms with Gasteiger partial charge >= 0.3 is 132 Å². The molecule has 0 aliphatic rings. The summed E-state index contributed by atoms with van der Waals surface area (Å²) in [6, 6.07) is 13.3. The SMILES string of the molecule is FC(F)=[C](F)[Sn]([C](F)=C(F)F)([c]1ccccc1)[c]1ccccc1. The van der Waals surface area contributed by atoms with Crippen molar-refractivity contribution < 1.29 is 26.3 Å². The Balaban J connectivity index is 2.98. The number of hydrogen-bond donors (Lipinski definition) is 0. The molecular formula is C16H10F6Sn. The molecule has 0 saturated carbocycles. The van der Waals surface area contributed by atoms with E-state index >= 15 is 0 Å². The molecule has 120 valence electrons. The number of rotatable bonds is 4. The fourth-order valence-electron chi connectivity index (χ4n) is 2.43. The Labute approximate surface area is 132 Å². The minimum atomic E-state index is -5.94. The number of benzene rings is 2. The summed E-state index contributed by atoms with van der Waals surface area (Å²) in [7, 11) is 0. The Kier molecular flexibility index (Phi) is 5.56. The summed E-state index contributed by atoms with van der Waals surface area (Å²) in [4.78, 5) is 0. The molecule has 0 amide bonds. The van der Waals surface area contributed by atoms with E-state index in [1.165, 1.54) is 60.7 Å². The van der Waals surface area contributed by atoms with Gasteiger partial charge in [-0.1, -0.05) is 0 Å². The molecule has 7 heteroatoms. The molecular weight excluding hydrogens is 425 g/mol. The van der Waals surface area contributed by atoms with Gasteiger partial charge in [0.25, 0.3) is 0 Å². The predicted molar refractivity (Wildman–Crippen MR) is 78.6 cm³/mol. The van der Waals surface area contributed by atoms with Crippen LogP contribution in [0.4, 0.5) is 26.3 Å². The van der Waals surface area contributed by atoms with E-state index in [1.54, 1.807) is 0 Å². The molecule has 0 N–H and O–H groups in total. The van der Waals surface area contributed by atoms with Gasteiger partial charge in [0, 0.05) is 0 Å². The van der Waals surface area contributed by atoms with Crippen molar-refractivity contribution in [1.82, 2.24) is 0 Å². The first-order chi connectivity index (χ1) is 10.9. The molecule has 0 aromatic heterocycles. The maximum absolute atomic E-state index is 14.4. The normalized spacial score (nSPS) is 11.0. The zero-order valence-corrected chi connectivity index (χ0v) is 14.4. The van der Waals surface area contributed by atoms with E-state index in [0.29, 0.717) is 0 Å². The van der Waals surface area contributed by atoms with Gasteiger partial charge in [-0.25, -0.2) is 0 Å². The topological polar surface area (TPSA) is 0 Å². The van der Waals surface area contributed by atoms with Crippen molar-refractivity contribution in [3.63, 3.8) is 0 Å². The molecule has 2 aromatic rings. The Hall–Kier alpha value is -1.70. The summed E-state index contributed by atoms with van der Waals surface area (Å²) in [6.07, 6.45) is -5.55. The molecule has 0 aliphatic carbocycles. The summed E-state index contributed by atoms with van der Waals surface area (Å²) < 4.78 is 76.6. The van der Waals surface area contributed by atoms with Crippen LogP contribution >= 0.6 is 0 Å². The van der Waals surface area contributed by atoms with Crippen molar-refractivity contribution in [2.24, 2.45) is 0 Å². The summed E-state index contributed by atoms with van der Waals surface area (Å²) >= 11 is -5.94. The van der Waals surface area contributed by atoms with Crippen molar-refractivity contribution >= 4 is 25.5 Å². The predicted octanol–water partition coefficient (Wildman–Crippen LogP) is 4.48. The third-order valence-corrected chi connectivity index (χ3v) is 15.1. The molecule has 2 rings (SSSR count). The van der Waals surface area contributed by atoms with Crippen molar-refractivity contribution in [2.75, 3.05) is 0 Å². The molecule has 0 fully saturated rings. The molecule has 0 saturated heterocycles. The Morgan fingerprint density at radius 3 is 1.09 bits per heavy atom. The van der Waals surface area contributed by atoms with E-state index in [1.807, 2.05) is 0 Å². The first kappa shape index (κ1) is 17.6. The number of hydrogen-bond acceptors (Lipinski definition) is 0. The average Bonchev–Trinajstić information content (AvgIpc) is 2.57.